The molecule has 3 aromatic rings. The van der Waals surface area contributed by atoms with Gasteiger partial charge in [0.1, 0.15) is 5.75 Å². The lowest BCUT2D eigenvalue weighted by Crippen LogP contribution is -1.94. The molecule has 4 heteroatoms. The summed E-state index contributed by atoms with van der Waals surface area (Å²) in [6.45, 7) is 1.70. The molecular weight excluding hydrogens is 255 g/mol. The van der Waals surface area contributed by atoms with Gasteiger partial charge in [-0.3, -0.25) is 4.98 Å². The van der Waals surface area contributed by atoms with Crippen molar-refractivity contribution in [2.75, 3.05) is 5.73 Å². The standard InChI is InChI=1S/C16H13FN2O/c1-10-4-2-7-14(15(10)17)20-13-8-9-19-16-11(13)5-3-6-12(16)18/h2-9H,18H2,1H3. The van der Waals surface area contributed by atoms with E-state index in [4.69, 9.17) is 10.5 Å². The maximum absolute atomic E-state index is 14.0. The van der Waals surface area contributed by atoms with Gasteiger partial charge in [-0.25, -0.2) is 4.39 Å². The topological polar surface area (TPSA) is 48.1 Å². The van der Waals surface area contributed by atoms with Crippen LogP contribution >= 0.6 is 0 Å². The van der Waals surface area contributed by atoms with Gasteiger partial charge in [0.2, 0.25) is 0 Å². The van der Waals surface area contributed by atoms with Crippen LogP contribution in [0.15, 0.2) is 48.7 Å². The maximum atomic E-state index is 14.0. The number of para-hydroxylation sites is 1. The molecule has 0 aliphatic heterocycles. The van der Waals surface area contributed by atoms with E-state index in [1.807, 2.05) is 12.1 Å². The number of rotatable bonds is 2. The van der Waals surface area contributed by atoms with Crippen LogP contribution in [0.3, 0.4) is 0 Å². The molecule has 0 saturated heterocycles. The number of nitrogen functional groups attached to an aromatic ring is 1. The number of benzene rings is 2. The van der Waals surface area contributed by atoms with Gasteiger partial charge in [0.25, 0.3) is 0 Å². The normalized spacial score (nSPS) is 10.7. The Balaban J connectivity index is 2.12. The summed E-state index contributed by atoms with van der Waals surface area (Å²) in [5.41, 5.74) is 7.64. The minimum Gasteiger partial charge on any atom is -0.454 e. The molecule has 0 unspecified atom stereocenters. The third-order valence-corrected chi connectivity index (χ3v) is 3.14. The van der Waals surface area contributed by atoms with Crippen LogP contribution in [0.5, 0.6) is 11.5 Å². The molecule has 0 bridgehead atoms. The minimum atomic E-state index is -0.360. The van der Waals surface area contributed by atoms with E-state index in [1.54, 1.807) is 43.5 Å². The Labute approximate surface area is 115 Å². The largest absolute Gasteiger partial charge is 0.454 e. The number of nitrogens with zero attached hydrogens (tertiary/aromatic N) is 1. The second-order valence-electron chi connectivity index (χ2n) is 4.54. The number of nitrogens with two attached hydrogens (primary N) is 1. The molecule has 1 aromatic heterocycles. The second-order valence-corrected chi connectivity index (χ2v) is 4.54. The molecule has 0 radical (unpaired) electrons. The number of ether oxygens (including phenoxy) is 1. The number of hydrogen-bond donors (Lipinski definition) is 1. The molecule has 3 rings (SSSR count). The first kappa shape index (κ1) is 12.4. The van der Waals surface area contributed by atoms with Crippen molar-refractivity contribution in [3.63, 3.8) is 0 Å². The van der Waals surface area contributed by atoms with Crippen LogP contribution in [0.1, 0.15) is 5.56 Å². The van der Waals surface area contributed by atoms with Gasteiger partial charge in [-0.1, -0.05) is 18.2 Å². The molecule has 0 aliphatic rings. The zero-order chi connectivity index (χ0) is 14.1. The minimum absolute atomic E-state index is 0.194. The van der Waals surface area contributed by atoms with E-state index < -0.39 is 0 Å². The predicted octanol–water partition coefficient (Wildman–Crippen LogP) is 4.06. The number of aryl methyl sites for hydroxylation is 1. The van der Waals surface area contributed by atoms with Crippen LogP contribution in [0.4, 0.5) is 10.1 Å². The molecule has 3 nitrogen and oxygen atoms in total. The highest BCUT2D eigenvalue weighted by atomic mass is 19.1. The number of hydrogen-bond acceptors (Lipinski definition) is 3. The Morgan fingerprint density at radius 3 is 2.70 bits per heavy atom. The fourth-order valence-electron chi connectivity index (χ4n) is 2.08. The number of anilines is 1. The van der Waals surface area contributed by atoms with Gasteiger partial charge in [-0.2, -0.15) is 0 Å². The van der Waals surface area contributed by atoms with Crippen LogP contribution in [-0.2, 0) is 0 Å². The number of aromatic nitrogens is 1. The molecule has 100 valence electrons. The van der Waals surface area contributed by atoms with Crippen molar-refractivity contribution in [3.05, 3.63) is 60.0 Å². The van der Waals surface area contributed by atoms with E-state index >= 15 is 0 Å². The first-order chi connectivity index (χ1) is 9.66. The smallest absolute Gasteiger partial charge is 0.168 e. The molecule has 0 saturated carbocycles. The van der Waals surface area contributed by atoms with Gasteiger partial charge >= 0.3 is 0 Å². The van der Waals surface area contributed by atoms with Crippen molar-refractivity contribution in [2.24, 2.45) is 0 Å². The molecule has 1 heterocycles. The van der Waals surface area contributed by atoms with E-state index in [-0.39, 0.29) is 11.6 Å². The Bertz CT molecular complexity index is 787. The van der Waals surface area contributed by atoms with Crippen LogP contribution in [0.25, 0.3) is 10.9 Å². The Morgan fingerprint density at radius 2 is 1.85 bits per heavy atom. The van der Waals surface area contributed by atoms with Gasteiger partial charge in [0, 0.05) is 11.6 Å². The molecule has 2 N–H and O–H groups in total. The molecule has 2 aromatic carbocycles. The number of pyridine rings is 1. The molecule has 0 amide bonds. The summed E-state index contributed by atoms with van der Waals surface area (Å²) in [4.78, 5) is 4.22. The van der Waals surface area contributed by atoms with Gasteiger partial charge < -0.3 is 10.5 Å². The van der Waals surface area contributed by atoms with E-state index in [2.05, 4.69) is 4.98 Å². The molecule has 20 heavy (non-hydrogen) atoms. The van der Waals surface area contributed by atoms with E-state index in [1.165, 1.54) is 0 Å². The Hall–Kier alpha value is -2.62. The summed E-state index contributed by atoms with van der Waals surface area (Å²) in [6, 6.07) is 12.2. The average molecular weight is 268 g/mol. The SMILES string of the molecule is Cc1cccc(Oc2ccnc3c(N)cccc23)c1F. The highest BCUT2D eigenvalue weighted by Crippen LogP contribution is 2.32. The fraction of sp³-hybridized carbons (Fsp3) is 0.0625. The van der Waals surface area contributed by atoms with Gasteiger partial charge in [0.15, 0.2) is 11.6 Å². The lowest BCUT2D eigenvalue weighted by molar-refractivity contribution is 0.444. The summed E-state index contributed by atoms with van der Waals surface area (Å²) in [5.74, 6) is 0.369. The molecule has 0 atom stereocenters. The number of halogens is 1. The Kier molecular flexibility index (Phi) is 2.99. The van der Waals surface area contributed by atoms with Crippen LogP contribution in [0.2, 0.25) is 0 Å². The summed E-state index contributed by atoms with van der Waals surface area (Å²) in [5, 5.41) is 0.758. The van der Waals surface area contributed by atoms with Crippen molar-refractivity contribution in [3.8, 4) is 11.5 Å². The summed E-state index contributed by atoms with van der Waals surface area (Å²) in [6.07, 6.45) is 1.60. The lowest BCUT2D eigenvalue weighted by Gasteiger charge is -2.11. The van der Waals surface area contributed by atoms with Crippen molar-refractivity contribution in [2.45, 2.75) is 6.92 Å². The van der Waals surface area contributed by atoms with Crippen LogP contribution < -0.4 is 10.5 Å². The van der Waals surface area contributed by atoms with E-state index in [0.29, 0.717) is 22.5 Å². The third kappa shape index (κ3) is 2.05. The van der Waals surface area contributed by atoms with Crippen molar-refractivity contribution in [1.29, 1.82) is 0 Å². The fourth-order valence-corrected chi connectivity index (χ4v) is 2.08. The highest BCUT2D eigenvalue weighted by Gasteiger charge is 2.10. The molecular formula is C16H13FN2O. The highest BCUT2D eigenvalue weighted by molar-refractivity contribution is 5.93. The van der Waals surface area contributed by atoms with Gasteiger partial charge in [-0.05, 0) is 36.8 Å². The van der Waals surface area contributed by atoms with E-state index in [0.717, 1.165) is 5.39 Å². The second kappa shape index (κ2) is 4.81. The van der Waals surface area contributed by atoms with Gasteiger partial charge in [0.05, 0.1) is 11.2 Å². The van der Waals surface area contributed by atoms with Crippen molar-refractivity contribution < 1.29 is 9.13 Å². The zero-order valence-corrected chi connectivity index (χ0v) is 10.9. The lowest BCUT2D eigenvalue weighted by atomic mass is 10.1. The number of fused-ring (bicyclic) bond motifs is 1. The van der Waals surface area contributed by atoms with Crippen molar-refractivity contribution >= 4 is 16.6 Å². The summed E-state index contributed by atoms with van der Waals surface area (Å²) in [7, 11) is 0. The first-order valence-corrected chi connectivity index (χ1v) is 6.23. The molecule has 0 aliphatic carbocycles. The summed E-state index contributed by atoms with van der Waals surface area (Å²) >= 11 is 0. The predicted molar refractivity (Wildman–Crippen MR) is 77.4 cm³/mol. The Morgan fingerprint density at radius 1 is 1.05 bits per heavy atom. The van der Waals surface area contributed by atoms with E-state index in [9.17, 15) is 4.39 Å². The third-order valence-electron chi connectivity index (χ3n) is 3.14. The maximum Gasteiger partial charge on any atom is 0.168 e. The summed E-state index contributed by atoms with van der Waals surface area (Å²) < 4.78 is 19.7. The van der Waals surface area contributed by atoms with Crippen molar-refractivity contribution in [1.82, 2.24) is 4.98 Å². The monoisotopic (exact) mass is 268 g/mol. The first-order valence-electron chi connectivity index (χ1n) is 6.23. The average Bonchev–Trinajstić information content (AvgIpc) is 2.45. The van der Waals surface area contributed by atoms with Gasteiger partial charge in [-0.15, -0.1) is 0 Å². The van der Waals surface area contributed by atoms with Crippen LogP contribution in [-0.4, -0.2) is 4.98 Å². The van der Waals surface area contributed by atoms with Crippen LogP contribution in [0, 0.1) is 12.7 Å². The zero-order valence-electron chi connectivity index (χ0n) is 10.9. The quantitative estimate of drug-likeness (QED) is 0.713. The molecule has 0 spiro atoms. The molecule has 0 fully saturated rings.